The minimum absolute atomic E-state index is 0.0168. The van der Waals surface area contributed by atoms with E-state index in [1.54, 1.807) is 0 Å². The minimum Gasteiger partial charge on any atom is -0.481 e. The molecule has 0 aromatic rings. The highest BCUT2D eigenvalue weighted by Crippen LogP contribution is 2.20. The molecule has 0 atom stereocenters. The summed E-state index contributed by atoms with van der Waals surface area (Å²) < 4.78 is 27.7. The van der Waals surface area contributed by atoms with Gasteiger partial charge in [-0.05, 0) is 26.7 Å². The van der Waals surface area contributed by atoms with Gasteiger partial charge in [0.2, 0.25) is 0 Å². The van der Waals surface area contributed by atoms with Gasteiger partial charge >= 0.3 is 5.97 Å². The minimum atomic E-state index is -3.58. The van der Waals surface area contributed by atoms with Crippen LogP contribution in [0.15, 0.2) is 0 Å². The van der Waals surface area contributed by atoms with E-state index in [4.69, 9.17) is 5.11 Å². The van der Waals surface area contributed by atoms with Crippen LogP contribution >= 0.6 is 0 Å². The molecule has 1 aliphatic rings. The molecule has 7 heteroatoms. The van der Waals surface area contributed by atoms with Gasteiger partial charge in [0.25, 0.3) is 10.2 Å². The van der Waals surface area contributed by atoms with Crippen molar-refractivity contribution in [3.05, 3.63) is 0 Å². The number of aliphatic carboxylic acids is 1. The fraction of sp³-hybridized carbons (Fsp3) is 0.875. The molecule has 1 aliphatic carbocycles. The number of carbonyl (C=O) groups is 1. The van der Waals surface area contributed by atoms with Gasteiger partial charge in [-0.25, -0.2) is 0 Å². The summed E-state index contributed by atoms with van der Waals surface area (Å²) in [6.07, 6.45) is 1.44. The van der Waals surface area contributed by atoms with Crippen molar-refractivity contribution in [2.75, 3.05) is 0 Å². The van der Waals surface area contributed by atoms with E-state index in [0.29, 0.717) is 0 Å². The van der Waals surface area contributed by atoms with E-state index in [2.05, 4.69) is 9.44 Å². The second kappa shape index (κ2) is 4.07. The van der Waals surface area contributed by atoms with Gasteiger partial charge in [0.15, 0.2) is 0 Å². The lowest BCUT2D eigenvalue weighted by molar-refractivity contribution is -0.138. The third kappa shape index (κ3) is 5.10. The Morgan fingerprint density at radius 3 is 2.40 bits per heavy atom. The largest absolute Gasteiger partial charge is 0.481 e. The Hall–Kier alpha value is -0.660. The Balaban J connectivity index is 2.53. The van der Waals surface area contributed by atoms with Crippen molar-refractivity contribution < 1.29 is 18.3 Å². The van der Waals surface area contributed by atoms with Crippen LogP contribution in [0.3, 0.4) is 0 Å². The third-order valence-electron chi connectivity index (χ3n) is 1.90. The maximum absolute atomic E-state index is 11.5. The molecule has 0 spiro atoms. The van der Waals surface area contributed by atoms with Crippen molar-refractivity contribution in [2.45, 2.75) is 44.7 Å². The first-order chi connectivity index (χ1) is 6.70. The molecule has 15 heavy (non-hydrogen) atoms. The zero-order valence-corrected chi connectivity index (χ0v) is 9.60. The Morgan fingerprint density at radius 2 is 2.00 bits per heavy atom. The summed E-state index contributed by atoms with van der Waals surface area (Å²) in [5.41, 5.74) is -0.980. The number of nitrogens with one attached hydrogen (secondary N) is 2. The molecular formula is C8H16N2O4S. The molecule has 0 aromatic heterocycles. The van der Waals surface area contributed by atoms with Crippen molar-refractivity contribution >= 4 is 16.2 Å². The van der Waals surface area contributed by atoms with Crippen LogP contribution in [0.25, 0.3) is 0 Å². The van der Waals surface area contributed by atoms with E-state index < -0.39 is 21.7 Å². The first kappa shape index (κ1) is 12.4. The van der Waals surface area contributed by atoms with Crippen LogP contribution in [0, 0.1) is 0 Å². The van der Waals surface area contributed by atoms with Crippen LogP contribution in [-0.4, -0.2) is 31.1 Å². The average Bonchev–Trinajstić information content (AvgIpc) is 2.62. The number of carboxylic acid groups (broad SMARTS) is 1. The van der Waals surface area contributed by atoms with E-state index in [1.165, 1.54) is 13.8 Å². The van der Waals surface area contributed by atoms with E-state index in [0.717, 1.165) is 12.8 Å². The van der Waals surface area contributed by atoms with Gasteiger partial charge in [0.1, 0.15) is 0 Å². The van der Waals surface area contributed by atoms with Gasteiger partial charge < -0.3 is 5.11 Å². The van der Waals surface area contributed by atoms with E-state index >= 15 is 0 Å². The second-order valence-corrected chi connectivity index (χ2v) is 5.90. The van der Waals surface area contributed by atoms with E-state index in [9.17, 15) is 13.2 Å². The fourth-order valence-electron chi connectivity index (χ4n) is 1.23. The van der Waals surface area contributed by atoms with Crippen LogP contribution in [0.1, 0.15) is 33.1 Å². The third-order valence-corrected chi connectivity index (χ3v) is 3.37. The predicted molar refractivity (Wildman–Crippen MR) is 54.5 cm³/mol. The normalized spacial score (nSPS) is 17.7. The van der Waals surface area contributed by atoms with Crippen LogP contribution in [0.2, 0.25) is 0 Å². The van der Waals surface area contributed by atoms with E-state index in [-0.39, 0.29) is 12.5 Å². The second-order valence-electron chi connectivity index (χ2n) is 4.45. The molecule has 0 radical (unpaired) electrons. The smallest absolute Gasteiger partial charge is 0.305 e. The van der Waals surface area contributed by atoms with Crippen LogP contribution in [0.4, 0.5) is 0 Å². The van der Waals surface area contributed by atoms with Crippen molar-refractivity contribution in [1.82, 2.24) is 9.44 Å². The average molecular weight is 236 g/mol. The maximum atomic E-state index is 11.5. The summed E-state index contributed by atoms with van der Waals surface area (Å²) in [5, 5.41) is 8.58. The van der Waals surface area contributed by atoms with Crippen molar-refractivity contribution in [2.24, 2.45) is 0 Å². The lowest BCUT2D eigenvalue weighted by Crippen LogP contribution is -2.50. The van der Waals surface area contributed by atoms with Gasteiger partial charge in [-0.3, -0.25) is 4.79 Å². The Kier molecular flexibility index (Phi) is 3.37. The highest BCUT2D eigenvalue weighted by molar-refractivity contribution is 7.87. The summed E-state index contributed by atoms with van der Waals surface area (Å²) in [6, 6.07) is 0.0168. The molecule has 0 aliphatic heterocycles. The number of hydrogen-bond acceptors (Lipinski definition) is 3. The van der Waals surface area contributed by atoms with Gasteiger partial charge in [-0.2, -0.15) is 17.9 Å². The standard InChI is InChI=1S/C8H16N2O4S/c1-8(2,5-7(11)12)10-15(13,14)9-6-3-4-6/h6,9-10H,3-5H2,1-2H3,(H,11,12). The first-order valence-electron chi connectivity index (χ1n) is 4.73. The number of rotatable bonds is 6. The molecule has 3 N–H and O–H groups in total. The highest BCUT2D eigenvalue weighted by atomic mass is 32.2. The number of carboxylic acids is 1. The number of hydrogen-bond donors (Lipinski definition) is 3. The first-order valence-corrected chi connectivity index (χ1v) is 6.21. The molecule has 0 aromatic carbocycles. The molecule has 1 rings (SSSR count). The molecule has 0 heterocycles. The SMILES string of the molecule is CC(C)(CC(=O)O)NS(=O)(=O)NC1CC1. The summed E-state index contributed by atoms with van der Waals surface area (Å²) in [6.45, 7) is 3.07. The Bertz CT molecular complexity index is 346. The zero-order chi connectivity index (χ0) is 11.7. The molecule has 0 bridgehead atoms. The highest BCUT2D eigenvalue weighted by Gasteiger charge is 2.32. The molecule has 0 amide bonds. The Morgan fingerprint density at radius 1 is 1.47 bits per heavy atom. The summed E-state index contributed by atoms with van der Waals surface area (Å²) in [5.74, 6) is -1.03. The lowest BCUT2D eigenvalue weighted by atomic mass is 10.0. The molecule has 0 unspecified atom stereocenters. The van der Waals surface area contributed by atoms with Crippen LogP contribution in [-0.2, 0) is 15.0 Å². The molecule has 88 valence electrons. The van der Waals surface area contributed by atoms with Crippen molar-refractivity contribution in [3.63, 3.8) is 0 Å². The Labute approximate surface area is 89.2 Å². The quantitative estimate of drug-likeness (QED) is 0.596. The van der Waals surface area contributed by atoms with Crippen LogP contribution in [0.5, 0.6) is 0 Å². The molecule has 0 saturated heterocycles. The molecule has 6 nitrogen and oxygen atoms in total. The predicted octanol–water partition coefficient (Wildman–Crippen LogP) is -0.174. The molecule has 1 saturated carbocycles. The topological polar surface area (TPSA) is 95.5 Å². The van der Waals surface area contributed by atoms with Crippen molar-refractivity contribution in [1.29, 1.82) is 0 Å². The van der Waals surface area contributed by atoms with Crippen molar-refractivity contribution in [3.8, 4) is 0 Å². The summed E-state index contributed by atoms with van der Waals surface area (Å²) >= 11 is 0. The molecular weight excluding hydrogens is 220 g/mol. The van der Waals surface area contributed by atoms with Gasteiger partial charge in [-0.1, -0.05) is 0 Å². The van der Waals surface area contributed by atoms with Crippen LogP contribution < -0.4 is 9.44 Å². The van der Waals surface area contributed by atoms with Gasteiger partial charge in [-0.15, -0.1) is 0 Å². The summed E-state index contributed by atoms with van der Waals surface area (Å²) in [4.78, 5) is 10.5. The molecule has 1 fully saturated rings. The zero-order valence-electron chi connectivity index (χ0n) is 8.78. The monoisotopic (exact) mass is 236 g/mol. The van der Waals surface area contributed by atoms with Gasteiger partial charge in [0, 0.05) is 11.6 Å². The fourth-order valence-corrected chi connectivity index (χ4v) is 2.76. The van der Waals surface area contributed by atoms with Gasteiger partial charge in [0.05, 0.1) is 6.42 Å². The maximum Gasteiger partial charge on any atom is 0.305 e. The summed E-state index contributed by atoms with van der Waals surface area (Å²) in [7, 11) is -3.58. The lowest BCUT2D eigenvalue weighted by Gasteiger charge is -2.23. The van der Waals surface area contributed by atoms with E-state index in [1.807, 2.05) is 0 Å².